The van der Waals surface area contributed by atoms with Gasteiger partial charge in [-0.1, -0.05) is 113 Å². The van der Waals surface area contributed by atoms with E-state index in [0.29, 0.717) is 13.0 Å². The molecule has 0 aliphatic rings. The van der Waals surface area contributed by atoms with Gasteiger partial charge in [0.15, 0.2) is 0 Å². The van der Waals surface area contributed by atoms with Gasteiger partial charge in [0.2, 0.25) is 35.4 Å². The fourth-order valence-corrected chi connectivity index (χ4v) is 6.22. The number of rotatable bonds is 21. The molecule has 1 aromatic carbocycles. The summed E-state index contributed by atoms with van der Waals surface area (Å²) >= 11 is 0. The van der Waals surface area contributed by atoms with Gasteiger partial charge in [-0.15, -0.1) is 0 Å². The molecule has 0 heterocycles. The second kappa shape index (κ2) is 22.3. The van der Waals surface area contributed by atoms with Crippen LogP contribution in [0.5, 0.6) is 0 Å². The molecule has 0 aliphatic heterocycles. The van der Waals surface area contributed by atoms with Crippen LogP contribution in [0.1, 0.15) is 88.6 Å². The highest BCUT2D eigenvalue weighted by atomic mass is 16.2. The quantitative estimate of drug-likeness (QED) is 0.112. The number of carbonyl (C=O) groups excluding carboxylic acids is 6. The van der Waals surface area contributed by atoms with Gasteiger partial charge in [-0.05, 0) is 54.5 Å². The Kier molecular flexibility index (Phi) is 19.8. The Morgan fingerprint density at radius 2 is 0.887 bits per heavy atom. The molecule has 0 unspecified atom stereocenters. The summed E-state index contributed by atoms with van der Waals surface area (Å²) in [5.41, 5.74) is 1.08. The van der Waals surface area contributed by atoms with Gasteiger partial charge in [-0.2, -0.15) is 0 Å². The lowest BCUT2D eigenvalue weighted by Gasteiger charge is -2.36. The third-order valence-corrected chi connectivity index (χ3v) is 9.45. The molecule has 6 atom stereocenters. The molecule has 1 aromatic rings. The van der Waals surface area contributed by atoms with Gasteiger partial charge in [0.1, 0.15) is 30.2 Å². The van der Waals surface area contributed by atoms with Crippen molar-refractivity contribution in [1.29, 1.82) is 0 Å². The molecule has 6 amide bonds. The van der Waals surface area contributed by atoms with E-state index < -0.39 is 59.9 Å². The standard InChI is InChI=1S/C40H69N7O6/c1-22(2)29(41-13)36(49)44-31(24(5)6)38(51)46-33(26(9)10)40(53)47(14)34(27(11)12)39(52)45-32(25(7)8)37(50)43-30(23(3)4)35(48)42-21-20-28-18-16-15-17-19-28/h15-19,22-27,29-34,41H,20-21H2,1-14H3,(H,42,48)(H,43,50)(H,44,49)(H,45,52)(H,46,51)/t29-,30-,31-,32-,33-,34-/m0/s1. The van der Waals surface area contributed by atoms with Crippen LogP contribution in [-0.4, -0.2) is 97.2 Å². The first-order chi connectivity index (χ1) is 24.7. The molecule has 0 aliphatic carbocycles. The minimum Gasteiger partial charge on any atom is -0.354 e. The van der Waals surface area contributed by atoms with Crippen molar-refractivity contribution >= 4 is 35.4 Å². The van der Waals surface area contributed by atoms with Crippen LogP contribution in [0.3, 0.4) is 0 Å². The van der Waals surface area contributed by atoms with Gasteiger partial charge in [0, 0.05) is 13.6 Å². The lowest BCUT2D eigenvalue weighted by atomic mass is 9.95. The van der Waals surface area contributed by atoms with Crippen LogP contribution < -0.4 is 31.9 Å². The second-order valence-corrected chi connectivity index (χ2v) is 16.1. The van der Waals surface area contributed by atoms with Crippen LogP contribution in [0.2, 0.25) is 0 Å². The van der Waals surface area contributed by atoms with Crippen molar-refractivity contribution in [2.45, 2.75) is 126 Å². The highest BCUT2D eigenvalue weighted by molar-refractivity contribution is 5.97. The van der Waals surface area contributed by atoms with Gasteiger partial charge in [0.05, 0.1) is 6.04 Å². The van der Waals surface area contributed by atoms with E-state index in [1.54, 1.807) is 48.6 Å². The summed E-state index contributed by atoms with van der Waals surface area (Å²) in [6.45, 7) is 22.3. The minimum absolute atomic E-state index is 0.0127. The maximum atomic E-state index is 14.1. The highest BCUT2D eigenvalue weighted by Gasteiger charge is 2.39. The zero-order valence-electron chi connectivity index (χ0n) is 34.6. The normalized spacial score (nSPS) is 15.1. The SMILES string of the molecule is CN[C@H](C(=O)N[C@H](C(=O)N[C@H](C(=O)N(C)[C@H](C(=O)N[C@H](C(=O)N[C@H](C(=O)NCCc1ccccc1)C(C)C)C(C)C)C(C)C)C(C)C)C(C)C)C(C)C. The fourth-order valence-electron chi connectivity index (χ4n) is 6.22. The first kappa shape index (κ1) is 47.0. The molecule has 0 saturated carbocycles. The lowest BCUT2D eigenvalue weighted by Crippen LogP contribution is -2.62. The number of hydrogen-bond acceptors (Lipinski definition) is 7. The average Bonchev–Trinajstić information content (AvgIpc) is 3.06. The molecule has 53 heavy (non-hydrogen) atoms. The van der Waals surface area contributed by atoms with Crippen molar-refractivity contribution < 1.29 is 28.8 Å². The topological polar surface area (TPSA) is 178 Å². The Morgan fingerprint density at radius 3 is 1.28 bits per heavy atom. The molecule has 300 valence electrons. The summed E-state index contributed by atoms with van der Waals surface area (Å²) in [5, 5.41) is 17.3. The zero-order valence-corrected chi connectivity index (χ0v) is 34.6. The van der Waals surface area contributed by atoms with Crippen LogP contribution in [-0.2, 0) is 35.2 Å². The summed E-state index contributed by atoms with van der Waals surface area (Å²) in [7, 11) is 3.19. The van der Waals surface area contributed by atoms with E-state index in [-0.39, 0.29) is 47.3 Å². The van der Waals surface area contributed by atoms with Crippen LogP contribution in [0.15, 0.2) is 30.3 Å². The number of nitrogens with zero attached hydrogens (tertiary/aromatic N) is 1. The van der Waals surface area contributed by atoms with Crippen LogP contribution >= 0.6 is 0 Å². The molecule has 1 rings (SSSR count). The third-order valence-electron chi connectivity index (χ3n) is 9.45. The van der Waals surface area contributed by atoms with E-state index in [1.165, 1.54) is 11.9 Å². The van der Waals surface area contributed by atoms with E-state index in [1.807, 2.05) is 71.9 Å². The fraction of sp³-hybridized carbons (Fsp3) is 0.700. The maximum Gasteiger partial charge on any atom is 0.245 e. The van der Waals surface area contributed by atoms with Crippen LogP contribution in [0.4, 0.5) is 0 Å². The highest BCUT2D eigenvalue weighted by Crippen LogP contribution is 2.17. The zero-order chi connectivity index (χ0) is 40.7. The second-order valence-electron chi connectivity index (χ2n) is 16.1. The molecule has 0 fully saturated rings. The summed E-state index contributed by atoms with van der Waals surface area (Å²) < 4.78 is 0. The molecule has 0 aromatic heterocycles. The molecule has 6 N–H and O–H groups in total. The van der Waals surface area contributed by atoms with Crippen molar-refractivity contribution in [2.24, 2.45) is 35.5 Å². The van der Waals surface area contributed by atoms with Crippen molar-refractivity contribution in [1.82, 2.24) is 36.8 Å². The molecule has 0 radical (unpaired) electrons. The lowest BCUT2D eigenvalue weighted by molar-refractivity contribution is -0.145. The molecule has 0 saturated heterocycles. The van der Waals surface area contributed by atoms with Crippen molar-refractivity contribution in [3.8, 4) is 0 Å². The predicted molar refractivity (Wildman–Crippen MR) is 209 cm³/mol. The smallest absolute Gasteiger partial charge is 0.245 e. The number of amides is 6. The molecule has 13 nitrogen and oxygen atoms in total. The van der Waals surface area contributed by atoms with Gasteiger partial charge >= 0.3 is 0 Å². The van der Waals surface area contributed by atoms with Gasteiger partial charge in [0.25, 0.3) is 0 Å². The van der Waals surface area contributed by atoms with E-state index in [2.05, 4.69) is 31.9 Å². The Bertz CT molecular complexity index is 1350. The van der Waals surface area contributed by atoms with E-state index in [0.717, 1.165) is 5.56 Å². The Labute approximate surface area is 318 Å². The Hall–Kier alpha value is -4.00. The van der Waals surface area contributed by atoms with Gasteiger partial charge < -0.3 is 36.8 Å². The summed E-state index contributed by atoms with van der Waals surface area (Å²) in [6, 6.07) is 4.57. The Balaban J connectivity index is 3.15. The van der Waals surface area contributed by atoms with E-state index in [4.69, 9.17) is 0 Å². The van der Waals surface area contributed by atoms with Crippen molar-refractivity contribution in [3.05, 3.63) is 35.9 Å². The van der Waals surface area contributed by atoms with Gasteiger partial charge in [-0.25, -0.2) is 0 Å². The number of likely N-dealkylation sites (N-methyl/N-ethyl adjacent to an activating group) is 2. The summed E-state index contributed by atoms with van der Waals surface area (Å²) in [4.78, 5) is 82.8. The molecular weight excluding hydrogens is 674 g/mol. The first-order valence-electron chi connectivity index (χ1n) is 19.1. The largest absolute Gasteiger partial charge is 0.354 e. The molecule has 0 bridgehead atoms. The minimum atomic E-state index is -0.999. The van der Waals surface area contributed by atoms with Crippen molar-refractivity contribution in [2.75, 3.05) is 20.6 Å². The molecule has 0 spiro atoms. The number of hydrogen-bond donors (Lipinski definition) is 6. The number of carbonyl (C=O) groups is 6. The predicted octanol–water partition coefficient (Wildman–Crippen LogP) is 2.64. The van der Waals surface area contributed by atoms with E-state index >= 15 is 0 Å². The monoisotopic (exact) mass is 744 g/mol. The maximum absolute atomic E-state index is 14.1. The Morgan fingerprint density at radius 1 is 0.509 bits per heavy atom. The first-order valence-corrected chi connectivity index (χ1v) is 19.1. The van der Waals surface area contributed by atoms with E-state index in [9.17, 15) is 28.8 Å². The molecular formula is C40H69N7O6. The third kappa shape index (κ3) is 14.4. The van der Waals surface area contributed by atoms with Crippen LogP contribution in [0, 0.1) is 35.5 Å². The molecule has 13 heteroatoms. The van der Waals surface area contributed by atoms with Crippen molar-refractivity contribution in [3.63, 3.8) is 0 Å². The summed E-state index contributed by atoms with van der Waals surface area (Å²) in [6.07, 6.45) is 0.643. The average molecular weight is 744 g/mol. The summed E-state index contributed by atoms with van der Waals surface area (Å²) in [5.74, 6) is -4.22. The van der Waals surface area contributed by atoms with Crippen LogP contribution in [0.25, 0.3) is 0 Å². The number of benzene rings is 1. The number of nitrogens with one attached hydrogen (secondary N) is 6. The van der Waals surface area contributed by atoms with Gasteiger partial charge in [-0.3, -0.25) is 28.8 Å².